The van der Waals surface area contributed by atoms with E-state index in [1.807, 2.05) is 4.90 Å². The van der Waals surface area contributed by atoms with E-state index in [0.29, 0.717) is 17.2 Å². The second kappa shape index (κ2) is 5.95. The van der Waals surface area contributed by atoms with Crippen molar-refractivity contribution in [2.24, 2.45) is 5.92 Å². The van der Waals surface area contributed by atoms with Gasteiger partial charge in [0.1, 0.15) is 0 Å². The van der Waals surface area contributed by atoms with Crippen LogP contribution in [0.15, 0.2) is 18.2 Å². The first-order valence-corrected chi connectivity index (χ1v) is 6.78. The van der Waals surface area contributed by atoms with Crippen molar-refractivity contribution in [3.63, 3.8) is 0 Å². The number of aromatic hydroxyl groups is 1. The van der Waals surface area contributed by atoms with Crippen LogP contribution in [0.4, 0.5) is 0 Å². The normalized spacial score (nSPS) is 19.9. The molecule has 19 heavy (non-hydrogen) atoms. The van der Waals surface area contributed by atoms with Crippen molar-refractivity contribution in [2.45, 2.75) is 26.2 Å². The zero-order valence-corrected chi connectivity index (χ0v) is 11.6. The highest BCUT2D eigenvalue weighted by molar-refractivity contribution is 5.94. The largest absolute Gasteiger partial charge is 0.504 e. The van der Waals surface area contributed by atoms with Crippen LogP contribution in [0.25, 0.3) is 0 Å². The third-order valence-corrected chi connectivity index (χ3v) is 3.73. The molecule has 1 unspecified atom stereocenters. The second-order valence-corrected chi connectivity index (χ2v) is 5.21. The summed E-state index contributed by atoms with van der Waals surface area (Å²) < 4.78 is 4.98. The topological polar surface area (TPSA) is 49.8 Å². The molecule has 1 aliphatic heterocycles. The molecule has 0 saturated carbocycles. The van der Waals surface area contributed by atoms with Gasteiger partial charge in [0.25, 0.3) is 5.91 Å². The molecule has 1 atom stereocenters. The van der Waals surface area contributed by atoms with Crippen LogP contribution in [0.1, 0.15) is 36.5 Å². The Morgan fingerprint density at radius 2 is 2.16 bits per heavy atom. The van der Waals surface area contributed by atoms with Gasteiger partial charge in [-0.15, -0.1) is 0 Å². The van der Waals surface area contributed by atoms with E-state index in [1.165, 1.54) is 19.6 Å². The number of benzene rings is 1. The zero-order chi connectivity index (χ0) is 13.8. The van der Waals surface area contributed by atoms with Crippen molar-refractivity contribution in [3.05, 3.63) is 23.8 Å². The van der Waals surface area contributed by atoms with Crippen molar-refractivity contribution < 1.29 is 14.6 Å². The minimum atomic E-state index is -0.00736. The maximum atomic E-state index is 12.4. The third kappa shape index (κ3) is 3.19. The van der Waals surface area contributed by atoms with Crippen molar-refractivity contribution in [2.75, 3.05) is 20.2 Å². The summed E-state index contributed by atoms with van der Waals surface area (Å²) >= 11 is 0. The smallest absolute Gasteiger partial charge is 0.253 e. The summed E-state index contributed by atoms with van der Waals surface area (Å²) in [6.45, 7) is 3.83. The molecule has 0 aliphatic carbocycles. The molecule has 1 amide bonds. The molecule has 104 valence electrons. The Kier molecular flexibility index (Phi) is 4.30. The van der Waals surface area contributed by atoms with Crippen molar-refractivity contribution >= 4 is 5.91 Å². The Morgan fingerprint density at radius 3 is 2.84 bits per heavy atom. The van der Waals surface area contributed by atoms with E-state index < -0.39 is 0 Å². The van der Waals surface area contributed by atoms with Crippen molar-refractivity contribution in [1.82, 2.24) is 4.90 Å². The van der Waals surface area contributed by atoms with Gasteiger partial charge in [-0.3, -0.25) is 4.79 Å². The number of hydrogen-bond donors (Lipinski definition) is 1. The van der Waals surface area contributed by atoms with E-state index in [2.05, 4.69) is 6.92 Å². The highest BCUT2D eigenvalue weighted by Crippen LogP contribution is 2.27. The van der Waals surface area contributed by atoms with Gasteiger partial charge >= 0.3 is 0 Å². The van der Waals surface area contributed by atoms with E-state index in [0.717, 1.165) is 25.9 Å². The number of phenols is 1. The average Bonchev–Trinajstić information content (AvgIpc) is 2.62. The molecule has 1 aromatic rings. The number of rotatable bonds is 2. The summed E-state index contributed by atoms with van der Waals surface area (Å²) in [4.78, 5) is 14.3. The van der Waals surface area contributed by atoms with Crippen LogP contribution in [-0.2, 0) is 0 Å². The highest BCUT2D eigenvalue weighted by Gasteiger charge is 2.20. The van der Waals surface area contributed by atoms with Gasteiger partial charge in [0, 0.05) is 18.7 Å². The van der Waals surface area contributed by atoms with Crippen LogP contribution in [0.5, 0.6) is 11.5 Å². The predicted octanol–water partition coefficient (Wildman–Crippen LogP) is 2.66. The molecule has 4 heteroatoms. The number of amides is 1. The predicted molar refractivity (Wildman–Crippen MR) is 73.6 cm³/mol. The fourth-order valence-corrected chi connectivity index (χ4v) is 2.47. The van der Waals surface area contributed by atoms with E-state index >= 15 is 0 Å². The summed E-state index contributed by atoms with van der Waals surface area (Å²) in [6, 6.07) is 4.81. The lowest BCUT2D eigenvalue weighted by molar-refractivity contribution is 0.0760. The summed E-state index contributed by atoms with van der Waals surface area (Å²) in [5, 5.41) is 9.74. The van der Waals surface area contributed by atoms with Gasteiger partial charge in [-0.2, -0.15) is 0 Å². The third-order valence-electron chi connectivity index (χ3n) is 3.73. The Balaban J connectivity index is 2.12. The molecule has 1 N–H and O–H groups in total. The number of phenolic OH excluding ortho intramolecular Hbond substituents is 1. The van der Waals surface area contributed by atoms with Gasteiger partial charge in [-0.25, -0.2) is 0 Å². The summed E-state index contributed by atoms with van der Waals surface area (Å²) in [6.07, 6.45) is 3.28. The molecule has 2 rings (SSSR count). The minimum absolute atomic E-state index is 0.00736. The van der Waals surface area contributed by atoms with Crippen LogP contribution >= 0.6 is 0 Å². The average molecular weight is 263 g/mol. The highest BCUT2D eigenvalue weighted by atomic mass is 16.5. The van der Waals surface area contributed by atoms with E-state index in [-0.39, 0.29) is 11.7 Å². The fourth-order valence-electron chi connectivity index (χ4n) is 2.47. The number of hydrogen-bond acceptors (Lipinski definition) is 3. The molecule has 1 saturated heterocycles. The molecular formula is C15H21NO3. The number of ether oxygens (including phenoxy) is 1. The SMILES string of the molecule is COc1ccc(C(=O)N2CCCC(C)CC2)cc1O. The Morgan fingerprint density at radius 1 is 1.37 bits per heavy atom. The molecule has 4 nitrogen and oxygen atoms in total. The fraction of sp³-hybridized carbons (Fsp3) is 0.533. The monoisotopic (exact) mass is 263 g/mol. The number of nitrogens with zero attached hydrogens (tertiary/aromatic N) is 1. The number of methoxy groups -OCH3 is 1. The summed E-state index contributed by atoms with van der Waals surface area (Å²) in [5.74, 6) is 1.08. The Labute approximate surface area is 114 Å². The first-order chi connectivity index (χ1) is 9.11. The zero-order valence-electron chi connectivity index (χ0n) is 11.6. The van der Waals surface area contributed by atoms with Crippen LogP contribution < -0.4 is 4.74 Å². The standard InChI is InChI=1S/C15H21NO3/c1-11-4-3-8-16(9-7-11)15(18)12-5-6-14(19-2)13(17)10-12/h5-6,10-11,17H,3-4,7-9H2,1-2H3. The molecule has 0 bridgehead atoms. The molecule has 1 aromatic carbocycles. The minimum Gasteiger partial charge on any atom is -0.504 e. The van der Waals surface area contributed by atoms with Gasteiger partial charge < -0.3 is 14.7 Å². The van der Waals surface area contributed by atoms with Crippen LogP contribution in [-0.4, -0.2) is 36.1 Å². The lowest BCUT2D eigenvalue weighted by Gasteiger charge is -2.20. The maximum absolute atomic E-state index is 12.4. The van der Waals surface area contributed by atoms with E-state index in [9.17, 15) is 9.90 Å². The second-order valence-electron chi connectivity index (χ2n) is 5.21. The van der Waals surface area contributed by atoms with Crippen LogP contribution in [0.3, 0.4) is 0 Å². The maximum Gasteiger partial charge on any atom is 0.253 e. The van der Waals surface area contributed by atoms with Crippen molar-refractivity contribution in [1.29, 1.82) is 0 Å². The Bertz CT molecular complexity index is 459. The van der Waals surface area contributed by atoms with Gasteiger partial charge in [0.2, 0.25) is 0 Å². The summed E-state index contributed by atoms with van der Waals surface area (Å²) in [5.41, 5.74) is 0.521. The number of likely N-dealkylation sites (tertiary alicyclic amines) is 1. The van der Waals surface area contributed by atoms with E-state index in [1.54, 1.807) is 12.1 Å². The van der Waals surface area contributed by atoms with Crippen molar-refractivity contribution in [3.8, 4) is 11.5 Å². The van der Waals surface area contributed by atoms with Gasteiger partial charge in [0.05, 0.1) is 7.11 Å². The lowest BCUT2D eigenvalue weighted by atomic mass is 10.0. The lowest BCUT2D eigenvalue weighted by Crippen LogP contribution is -2.31. The molecule has 1 fully saturated rings. The molecular weight excluding hydrogens is 242 g/mol. The molecule has 1 heterocycles. The Hall–Kier alpha value is -1.71. The number of carbonyl (C=O) groups excluding carboxylic acids is 1. The van der Waals surface area contributed by atoms with Gasteiger partial charge in [-0.1, -0.05) is 6.92 Å². The first-order valence-electron chi connectivity index (χ1n) is 6.78. The number of carbonyl (C=O) groups is 1. The van der Waals surface area contributed by atoms with Gasteiger partial charge in [-0.05, 0) is 43.4 Å². The molecule has 0 spiro atoms. The summed E-state index contributed by atoms with van der Waals surface area (Å²) in [7, 11) is 1.49. The quantitative estimate of drug-likeness (QED) is 0.892. The molecule has 0 radical (unpaired) electrons. The molecule has 1 aliphatic rings. The molecule has 0 aromatic heterocycles. The van der Waals surface area contributed by atoms with Crippen LogP contribution in [0.2, 0.25) is 0 Å². The van der Waals surface area contributed by atoms with Gasteiger partial charge in [0.15, 0.2) is 11.5 Å². The van der Waals surface area contributed by atoms with E-state index in [4.69, 9.17) is 4.74 Å². The first kappa shape index (κ1) is 13.7. The van der Waals surface area contributed by atoms with Crippen LogP contribution in [0, 0.1) is 5.92 Å².